The standard InChI is InChI=1S/C19H17N5O/c20-12-16-17(23-19(22)24-18(16)21)14-6-8-15(9-7-14)25-11-10-13-4-2-1-3-5-13/h1-9H,10-11H2,(H4,21,22,23,24). The van der Waals surface area contributed by atoms with Crippen LogP contribution >= 0.6 is 0 Å². The van der Waals surface area contributed by atoms with Gasteiger partial charge in [0.25, 0.3) is 0 Å². The molecule has 0 bridgehead atoms. The van der Waals surface area contributed by atoms with E-state index in [2.05, 4.69) is 22.1 Å². The molecule has 0 fully saturated rings. The first-order valence-corrected chi connectivity index (χ1v) is 7.77. The largest absolute Gasteiger partial charge is 0.493 e. The number of rotatable bonds is 5. The van der Waals surface area contributed by atoms with E-state index in [0.29, 0.717) is 12.3 Å². The van der Waals surface area contributed by atoms with Crippen molar-refractivity contribution in [2.24, 2.45) is 0 Å². The smallest absolute Gasteiger partial charge is 0.222 e. The second-order valence-electron chi connectivity index (χ2n) is 5.41. The molecule has 0 aliphatic heterocycles. The molecule has 0 spiro atoms. The van der Waals surface area contributed by atoms with Crippen LogP contribution in [0.2, 0.25) is 0 Å². The number of nitrogen functional groups attached to an aromatic ring is 2. The van der Waals surface area contributed by atoms with E-state index in [1.807, 2.05) is 48.5 Å². The van der Waals surface area contributed by atoms with Gasteiger partial charge in [-0.25, -0.2) is 4.98 Å². The Morgan fingerprint density at radius 1 is 0.960 bits per heavy atom. The van der Waals surface area contributed by atoms with Gasteiger partial charge in [-0.1, -0.05) is 30.3 Å². The summed E-state index contributed by atoms with van der Waals surface area (Å²) in [6.07, 6.45) is 0.833. The third-order valence-electron chi connectivity index (χ3n) is 3.70. The number of anilines is 2. The average molecular weight is 331 g/mol. The number of nitrogens with zero attached hydrogens (tertiary/aromatic N) is 3. The molecule has 6 nitrogen and oxygen atoms in total. The van der Waals surface area contributed by atoms with Gasteiger partial charge in [0.15, 0.2) is 0 Å². The van der Waals surface area contributed by atoms with Crippen molar-refractivity contribution in [3.8, 4) is 23.1 Å². The van der Waals surface area contributed by atoms with Gasteiger partial charge in [-0.15, -0.1) is 0 Å². The van der Waals surface area contributed by atoms with Gasteiger partial charge in [-0.3, -0.25) is 0 Å². The summed E-state index contributed by atoms with van der Waals surface area (Å²) >= 11 is 0. The number of hydrogen-bond acceptors (Lipinski definition) is 6. The first-order valence-electron chi connectivity index (χ1n) is 7.77. The Kier molecular flexibility index (Phi) is 4.77. The number of ether oxygens (including phenoxy) is 1. The highest BCUT2D eigenvalue weighted by molar-refractivity contribution is 5.73. The Hall–Kier alpha value is -3.59. The fourth-order valence-corrected chi connectivity index (χ4v) is 2.46. The monoisotopic (exact) mass is 331 g/mol. The molecule has 1 aromatic heterocycles. The van der Waals surface area contributed by atoms with Crippen molar-refractivity contribution in [1.82, 2.24) is 9.97 Å². The molecular weight excluding hydrogens is 314 g/mol. The predicted octanol–water partition coefficient (Wildman–Crippen LogP) is 2.80. The highest BCUT2D eigenvalue weighted by atomic mass is 16.5. The summed E-state index contributed by atoms with van der Waals surface area (Å²) in [5, 5.41) is 9.25. The SMILES string of the molecule is N#Cc1c(N)nc(N)nc1-c1ccc(OCCc2ccccc2)cc1. The summed E-state index contributed by atoms with van der Waals surface area (Å²) in [5.41, 5.74) is 14.0. The van der Waals surface area contributed by atoms with E-state index < -0.39 is 0 Å². The molecule has 4 N–H and O–H groups in total. The molecule has 0 radical (unpaired) electrons. The van der Waals surface area contributed by atoms with Gasteiger partial charge in [-0.05, 0) is 29.8 Å². The molecule has 3 aromatic rings. The molecule has 0 unspecified atom stereocenters. The van der Waals surface area contributed by atoms with E-state index in [9.17, 15) is 5.26 Å². The van der Waals surface area contributed by atoms with Crippen molar-refractivity contribution in [1.29, 1.82) is 5.26 Å². The first kappa shape index (κ1) is 16.3. The van der Waals surface area contributed by atoms with Crippen molar-refractivity contribution in [2.75, 3.05) is 18.1 Å². The summed E-state index contributed by atoms with van der Waals surface area (Å²) in [7, 11) is 0. The van der Waals surface area contributed by atoms with Crippen molar-refractivity contribution >= 4 is 11.8 Å². The molecule has 0 amide bonds. The van der Waals surface area contributed by atoms with Gasteiger partial charge in [0.1, 0.15) is 23.2 Å². The van der Waals surface area contributed by atoms with Gasteiger partial charge in [0.2, 0.25) is 5.95 Å². The fraction of sp³-hybridized carbons (Fsp3) is 0.105. The maximum Gasteiger partial charge on any atom is 0.222 e. The van der Waals surface area contributed by atoms with E-state index in [0.717, 1.165) is 17.7 Å². The van der Waals surface area contributed by atoms with Gasteiger partial charge in [0.05, 0.1) is 12.3 Å². The van der Waals surface area contributed by atoms with Crippen molar-refractivity contribution in [3.63, 3.8) is 0 Å². The number of nitriles is 1. The molecule has 6 heteroatoms. The maximum atomic E-state index is 9.25. The zero-order valence-electron chi connectivity index (χ0n) is 13.5. The Labute approximate surface area is 145 Å². The summed E-state index contributed by atoms with van der Waals surface area (Å²) < 4.78 is 5.76. The van der Waals surface area contributed by atoms with E-state index in [-0.39, 0.29) is 17.3 Å². The van der Waals surface area contributed by atoms with Crippen LogP contribution in [-0.4, -0.2) is 16.6 Å². The number of nitrogens with two attached hydrogens (primary N) is 2. The lowest BCUT2D eigenvalue weighted by Crippen LogP contribution is -2.05. The quantitative estimate of drug-likeness (QED) is 0.743. The van der Waals surface area contributed by atoms with Crippen LogP contribution in [0, 0.1) is 11.3 Å². The third kappa shape index (κ3) is 3.85. The molecule has 2 aromatic carbocycles. The van der Waals surface area contributed by atoms with Gasteiger partial charge in [0, 0.05) is 12.0 Å². The Balaban J connectivity index is 1.72. The van der Waals surface area contributed by atoms with Crippen molar-refractivity contribution < 1.29 is 4.74 Å². The molecule has 1 heterocycles. The van der Waals surface area contributed by atoms with E-state index in [1.54, 1.807) is 0 Å². The lowest BCUT2D eigenvalue weighted by molar-refractivity contribution is 0.322. The minimum absolute atomic E-state index is 0.0367. The summed E-state index contributed by atoms with van der Waals surface area (Å²) in [5.74, 6) is 0.857. The molecule has 0 aliphatic rings. The van der Waals surface area contributed by atoms with Crippen molar-refractivity contribution in [2.45, 2.75) is 6.42 Å². The Morgan fingerprint density at radius 2 is 1.68 bits per heavy atom. The third-order valence-corrected chi connectivity index (χ3v) is 3.70. The lowest BCUT2D eigenvalue weighted by atomic mass is 10.1. The first-order chi connectivity index (χ1) is 12.2. The highest BCUT2D eigenvalue weighted by Gasteiger charge is 2.13. The fourth-order valence-electron chi connectivity index (χ4n) is 2.46. The highest BCUT2D eigenvalue weighted by Crippen LogP contribution is 2.26. The van der Waals surface area contributed by atoms with Crippen LogP contribution in [0.1, 0.15) is 11.1 Å². The van der Waals surface area contributed by atoms with E-state index in [4.69, 9.17) is 16.2 Å². The zero-order valence-corrected chi connectivity index (χ0v) is 13.5. The van der Waals surface area contributed by atoms with Gasteiger partial charge >= 0.3 is 0 Å². The van der Waals surface area contributed by atoms with E-state index in [1.165, 1.54) is 5.56 Å². The Bertz CT molecular complexity index is 902. The second kappa shape index (κ2) is 7.32. The number of aromatic nitrogens is 2. The molecule has 3 rings (SSSR count). The van der Waals surface area contributed by atoms with E-state index >= 15 is 0 Å². The average Bonchev–Trinajstić information content (AvgIpc) is 2.63. The molecular formula is C19H17N5O. The lowest BCUT2D eigenvalue weighted by Gasteiger charge is -2.09. The van der Waals surface area contributed by atoms with Crippen LogP contribution in [0.3, 0.4) is 0 Å². The van der Waals surface area contributed by atoms with Crippen LogP contribution in [0.5, 0.6) is 5.75 Å². The summed E-state index contributed by atoms with van der Waals surface area (Å²) in [6, 6.07) is 19.5. The second-order valence-corrected chi connectivity index (χ2v) is 5.41. The zero-order chi connectivity index (χ0) is 17.6. The minimum Gasteiger partial charge on any atom is -0.493 e. The normalized spacial score (nSPS) is 10.2. The van der Waals surface area contributed by atoms with Crippen LogP contribution in [0.25, 0.3) is 11.3 Å². The van der Waals surface area contributed by atoms with Crippen molar-refractivity contribution in [3.05, 3.63) is 65.7 Å². The van der Waals surface area contributed by atoms with Crippen LogP contribution in [0.4, 0.5) is 11.8 Å². The van der Waals surface area contributed by atoms with Gasteiger partial charge < -0.3 is 16.2 Å². The molecule has 25 heavy (non-hydrogen) atoms. The maximum absolute atomic E-state index is 9.25. The van der Waals surface area contributed by atoms with Crippen LogP contribution in [-0.2, 0) is 6.42 Å². The van der Waals surface area contributed by atoms with Crippen LogP contribution < -0.4 is 16.2 Å². The molecule has 0 saturated heterocycles. The molecule has 0 aliphatic carbocycles. The summed E-state index contributed by atoms with van der Waals surface area (Å²) in [4.78, 5) is 7.94. The number of benzene rings is 2. The van der Waals surface area contributed by atoms with Crippen LogP contribution in [0.15, 0.2) is 54.6 Å². The predicted molar refractivity (Wildman–Crippen MR) is 96.6 cm³/mol. The minimum atomic E-state index is 0.0367. The molecule has 124 valence electrons. The molecule has 0 saturated carbocycles. The van der Waals surface area contributed by atoms with Gasteiger partial charge in [-0.2, -0.15) is 10.2 Å². The topological polar surface area (TPSA) is 111 Å². The molecule has 0 atom stereocenters. The number of hydrogen-bond donors (Lipinski definition) is 2. The summed E-state index contributed by atoms with van der Waals surface area (Å²) in [6.45, 7) is 0.584. The Morgan fingerprint density at radius 3 is 2.36 bits per heavy atom.